The van der Waals surface area contributed by atoms with E-state index in [1.165, 1.54) is 4.88 Å². The second-order valence-corrected chi connectivity index (χ2v) is 7.52. The fourth-order valence-corrected chi connectivity index (χ4v) is 3.33. The van der Waals surface area contributed by atoms with Gasteiger partial charge in [-0.2, -0.15) is 0 Å². The summed E-state index contributed by atoms with van der Waals surface area (Å²) >= 11 is 1.77. The Balaban J connectivity index is 1.79. The van der Waals surface area contributed by atoms with E-state index in [1.807, 2.05) is 51.2 Å². The molecule has 0 amide bonds. The quantitative estimate of drug-likeness (QED) is 0.483. The van der Waals surface area contributed by atoms with E-state index >= 15 is 0 Å². The monoisotopic (exact) mass is 389 g/mol. The molecule has 0 aliphatic rings. The molecule has 0 radical (unpaired) electrons. The molecular weight excluding hydrogens is 358 g/mol. The number of rotatable bonds is 10. The summed E-state index contributed by atoms with van der Waals surface area (Å²) in [6, 6.07) is 14.2. The lowest BCUT2D eigenvalue weighted by molar-refractivity contribution is 0.00106. The van der Waals surface area contributed by atoms with Crippen molar-refractivity contribution in [2.24, 2.45) is 4.99 Å². The number of aliphatic hydroxyl groups excluding tert-OH is 1. The van der Waals surface area contributed by atoms with E-state index in [-0.39, 0.29) is 12.7 Å². The molecule has 2 N–H and O–H groups in total. The molecule has 2 aromatic rings. The van der Waals surface area contributed by atoms with Crippen LogP contribution in [-0.2, 0) is 11.2 Å². The maximum absolute atomic E-state index is 10.2. The first kappa shape index (κ1) is 21.4. The van der Waals surface area contributed by atoms with E-state index in [0.29, 0.717) is 6.54 Å². The molecular formula is C21H31N3O2S. The minimum atomic E-state index is -0.629. The van der Waals surface area contributed by atoms with E-state index in [1.54, 1.807) is 11.3 Å². The second kappa shape index (κ2) is 11.7. The van der Waals surface area contributed by atoms with Crippen molar-refractivity contribution in [3.8, 4) is 0 Å². The summed E-state index contributed by atoms with van der Waals surface area (Å²) in [6.45, 7) is 6.28. The van der Waals surface area contributed by atoms with E-state index in [2.05, 4.69) is 32.7 Å². The molecule has 0 spiro atoms. The molecule has 1 heterocycles. The van der Waals surface area contributed by atoms with Gasteiger partial charge in [-0.3, -0.25) is 4.99 Å². The normalized spacial score (nSPS) is 14.0. The number of hydrogen-bond donors (Lipinski definition) is 2. The molecule has 148 valence electrons. The van der Waals surface area contributed by atoms with Crippen molar-refractivity contribution in [1.82, 2.24) is 10.2 Å². The highest BCUT2D eigenvalue weighted by atomic mass is 32.1. The molecule has 0 aliphatic carbocycles. The first-order chi connectivity index (χ1) is 13.1. The highest BCUT2D eigenvalue weighted by Gasteiger charge is 2.11. The number of ether oxygens (including phenoxy) is 1. The van der Waals surface area contributed by atoms with Crippen molar-refractivity contribution < 1.29 is 9.84 Å². The van der Waals surface area contributed by atoms with Gasteiger partial charge in [0.15, 0.2) is 5.96 Å². The Morgan fingerprint density at radius 3 is 2.70 bits per heavy atom. The van der Waals surface area contributed by atoms with Crippen LogP contribution in [-0.4, -0.2) is 55.4 Å². The van der Waals surface area contributed by atoms with Gasteiger partial charge < -0.3 is 20.1 Å². The van der Waals surface area contributed by atoms with Crippen molar-refractivity contribution >= 4 is 17.3 Å². The molecule has 0 saturated carbocycles. The van der Waals surface area contributed by atoms with Crippen LogP contribution in [0.3, 0.4) is 0 Å². The number of guanidine groups is 1. The van der Waals surface area contributed by atoms with Crippen molar-refractivity contribution in [1.29, 1.82) is 0 Å². The van der Waals surface area contributed by atoms with Gasteiger partial charge in [0.1, 0.15) is 0 Å². The number of nitrogens with zero attached hydrogens (tertiary/aromatic N) is 2. The van der Waals surface area contributed by atoms with Gasteiger partial charge >= 0.3 is 0 Å². The molecule has 27 heavy (non-hydrogen) atoms. The second-order valence-electron chi connectivity index (χ2n) is 6.49. The minimum Gasteiger partial charge on any atom is -0.389 e. The van der Waals surface area contributed by atoms with Crippen molar-refractivity contribution in [3.63, 3.8) is 0 Å². The van der Waals surface area contributed by atoms with Crippen LogP contribution in [0, 0.1) is 0 Å². The summed E-state index contributed by atoms with van der Waals surface area (Å²) in [4.78, 5) is 8.03. The zero-order valence-electron chi connectivity index (χ0n) is 16.5. The average Bonchev–Trinajstić information content (AvgIpc) is 3.21. The smallest absolute Gasteiger partial charge is 0.193 e. The molecule has 0 saturated heterocycles. The Bertz CT molecular complexity index is 661. The zero-order chi connectivity index (χ0) is 19.5. The fourth-order valence-electron chi connectivity index (χ4n) is 2.63. The average molecular weight is 390 g/mol. The van der Waals surface area contributed by atoms with Crippen LogP contribution in [0.2, 0.25) is 0 Å². The number of nitrogens with one attached hydrogen (secondary N) is 1. The third-order valence-corrected chi connectivity index (χ3v) is 5.17. The first-order valence-corrected chi connectivity index (χ1v) is 10.3. The number of aliphatic imine (C=N–C) groups is 1. The van der Waals surface area contributed by atoms with E-state index < -0.39 is 6.10 Å². The summed E-state index contributed by atoms with van der Waals surface area (Å²) < 4.78 is 5.79. The molecule has 5 nitrogen and oxygen atoms in total. The van der Waals surface area contributed by atoms with Crippen molar-refractivity contribution in [2.75, 3.05) is 33.3 Å². The lowest BCUT2D eigenvalue weighted by atomic mass is 10.1. The lowest BCUT2D eigenvalue weighted by Crippen LogP contribution is -2.40. The van der Waals surface area contributed by atoms with E-state index in [9.17, 15) is 5.11 Å². The SMILES string of the molecule is CCNC(=NCC(O)COC(C)c1ccccc1)N(C)CCc1cccs1. The summed E-state index contributed by atoms with van der Waals surface area (Å²) in [5, 5.41) is 15.6. The highest BCUT2D eigenvalue weighted by molar-refractivity contribution is 7.09. The van der Waals surface area contributed by atoms with Gasteiger partial charge in [-0.1, -0.05) is 36.4 Å². The van der Waals surface area contributed by atoms with Gasteiger partial charge in [0, 0.05) is 25.0 Å². The highest BCUT2D eigenvalue weighted by Crippen LogP contribution is 2.16. The van der Waals surface area contributed by atoms with Crippen LogP contribution in [0.4, 0.5) is 0 Å². The van der Waals surface area contributed by atoms with E-state index in [4.69, 9.17) is 4.74 Å². The summed E-state index contributed by atoms with van der Waals surface area (Å²) in [5.41, 5.74) is 1.11. The van der Waals surface area contributed by atoms with Gasteiger partial charge in [0.25, 0.3) is 0 Å². The molecule has 0 aliphatic heterocycles. The van der Waals surface area contributed by atoms with Crippen LogP contribution in [0.25, 0.3) is 0 Å². The Morgan fingerprint density at radius 2 is 2.04 bits per heavy atom. The minimum absolute atomic E-state index is 0.0495. The maximum atomic E-state index is 10.2. The van der Waals surface area contributed by atoms with Crippen LogP contribution >= 0.6 is 11.3 Å². The molecule has 0 fully saturated rings. The zero-order valence-corrected chi connectivity index (χ0v) is 17.3. The summed E-state index contributed by atoms with van der Waals surface area (Å²) in [6.07, 6.45) is 0.306. The number of benzene rings is 1. The Hall–Kier alpha value is -1.89. The molecule has 2 unspecified atom stereocenters. The van der Waals surface area contributed by atoms with Crippen molar-refractivity contribution in [2.45, 2.75) is 32.5 Å². The molecule has 0 bridgehead atoms. The number of aliphatic hydroxyl groups is 1. The van der Waals surface area contributed by atoms with Gasteiger partial charge in [0.05, 0.1) is 25.4 Å². The Morgan fingerprint density at radius 1 is 1.26 bits per heavy atom. The summed E-state index contributed by atoms with van der Waals surface area (Å²) in [5.74, 6) is 0.809. The van der Waals surface area contributed by atoms with Crippen LogP contribution in [0.15, 0.2) is 52.8 Å². The Labute approximate surface area is 166 Å². The van der Waals surface area contributed by atoms with E-state index in [0.717, 1.165) is 31.0 Å². The summed E-state index contributed by atoms with van der Waals surface area (Å²) in [7, 11) is 2.02. The molecule has 2 rings (SSSR count). The molecule has 1 aromatic carbocycles. The lowest BCUT2D eigenvalue weighted by Gasteiger charge is -2.22. The standard InChI is InChI=1S/C21H31N3O2S/c1-4-22-21(24(3)13-12-20-11-8-14-27-20)23-15-19(25)16-26-17(2)18-9-6-5-7-10-18/h5-11,14,17,19,25H,4,12-13,15-16H2,1-3H3,(H,22,23). The third kappa shape index (κ3) is 7.71. The predicted octanol–water partition coefficient (Wildman–Crippen LogP) is 3.33. The fraction of sp³-hybridized carbons (Fsp3) is 0.476. The molecule has 6 heteroatoms. The van der Waals surface area contributed by atoms with Gasteiger partial charge in [-0.15, -0.1) is 11.3 Å². The predicted molar refractivity (Wildman–Crippen MR) is 113 cm³/mol. The Kier molecular flexibility index (Phi) is 9.31. The van der Waals surface area contributed by atoms with Gasteiger partial charge in [-0.25, -0.2) is 0 Å². The topological polar surface area (TPSA) is 57.1 Å². The van der Waals surface area contributed by atoms with Crippen molar-refractivity contribution in [3.05, 3.63) is 58.3 Å². The van der Waals surface area contributed by atoms with Gasteiger partial charge in [0.2, 0.25) is 0 Å². The first-order valence-electron chi connectivity index (χ1n) is 9.46. The van der Waals surface area contributed by atoms with Gasteiger partial charge in [-0.05, 0) is 37.3 Å². The molecule has 1 aromatic heterocycles. The number of thiophene rings is 1. The largest absolute Gasteiger partial charge is 0.389 e. The number of hydrogen-bond acceptors (Lipinski definition) is 4. The van der Waals surface area contributed by atoms with Crippen LogP contribution in [0.1, 0.15) is 30.4 Å². The maximum Gasteiger partial charge on any atom is 0.193 e. The van der Waals surface area contributed by atoms with Crippen LogP contribution < -0.4 is 5.32 Å². The number of likely N-dealkylation sites (N-methyl/N-ethyl adjacent to an activating group) is 1. The third-order valence-electron chi connectivity index (χ3n) is 4.23. The van der Waals surface area contributed by atoms with Crippen LogP contribution in [0.5, 0.6) is 0 Å². The molecule has 2 atom stereocenters.